The second-order valence-corrected chi connectivity index (χ2v) is 22.7. The Morgan fingerprint density at radius 1 is 0.269 bits per heavy atom. The van der Waals surface area contributed by atoms with E-state index in [9.17, 15) is 14.4 Å². The lowest BCUT2D eigenvalue weighted by Crippen LogP contribution is -2.30. The minimum atomic E-state index is -0.778. The highest BCUT2D eigenvalue weighted by Gasteiger charge is 2.19. The quantitative estimate of drug-likeness (QED) is 0.0261. The lowest BCUT2D eigenvalue weighted by Gasteiger charge is -2.18. The highest BCUT2D eigenvalue weighted by Crippen LogP contribution is 2.18. The van der Waals surface area contributed by atoms with Gasteiger partial charge in [0.1, 0.15) is 13.2 Å². The van der Waals surface area contributed by atoms with Gasteiger partial charge < -0.3 is 14.2 Å². The monoisotopic (exact) mass is 1090 g/mol. The number of carbonyl (C=O) groups is 3. The van der Waals surface area contributed by atoms with E-state index in [2.05, 4.69) is 93.7 Å². The van der Waals surface area contributed by atoms with Crippen molar-refractivity contribution in [3.63, 3.8) is 0 Å². The van der Waals surface area contributed by atoms with Gasteiger partial charge in [0.25, 0.3) is 0 Å². The van der Waals surface area contributed by atoms with Gasteiger partial charge in [0.15, 0.2) is 6.10 Å². The first kappa shape index (κ1) is 74.8. The average molecular weight is 1090 g/mol. The molecule has 0 saturated heterocycles. The predicted molar refractivity (Wildman–Crippen MR) is 339 cm³/mol. The van der Waals surface area contributed by atoms with Crippen LogP contribution in [0.2, 0.25) is 0 Å². The molecule has 0 aliphatic rings. The van der Waals surface area contributed by atoms with Crippen molar-refractivity contribution in [3.8, 4) is 0 Å². The van der Waals surface area contributed by atoms with Crippen LogP contribution in [0.15, 0.2) is 72.9 Å². The van der Waals surface area contributed by atoms with Crippen LogP contribution in [0.25, 0.3) is 0 Å². The minimum absolute atomic E-state index is 0.0759. The van der Waals surface area contributed by atoms with Crippen molar-refractivity contribution in [2.24, 2.45) is 0 Å². The first-order valence-electron chi connectivity index (χ1n) is 33.9. The molecule has 0 aliphatic heterocycles. The maximum Gasteiger partial charge on any atom is 0.306 e. The van der Waals surface area contributed by atoms with E-state index >= 15 is 0 Å². The summed E-state index contributed by atoms with van der Waals surface area (Å²) >= 11 is 0. The molecule has 0 bridgehead atoms. The molecule has 452 valence electrons. The lowest BCUT2D eigenvalue weighted by molar-refractivity contribution is -0.167. The fourth-order valence-corrected chi connectivity index (χ4v) is 9.87. The summed E-state index contributed by atoms with van der Waals surface area (Å²) in [6.45, 7) is 6.53. The first-order valence-corrected chi connectivity index (χ1v) is 33.9. The third-order valence-corrected chi connectivity index (χ3v) is 14.9. The molecule has 0 saturated carbocycles. The molecule has 0 radical (unpaired) electrons. The van der Waals surface area contributed by atoms with Gasteiger partial charge in [0.2, 0.25) is 0 Å². The Labute approximate surface area is 484 Å². The third-order valence-electron chi connectivity index (χ3n) is 14.9. The maximum absolute atomic E-state index is 12.9. The summed E-state index contributed by atoms with van der Waals surface area (Å²) in [5, 5.41) is 0. The second-order valence-electron chi connectivity index (χ2n) is 22.7. The van der Waals surface area contributed by atoms with E-state index in [1.54, 1.807) is 0 Å². The first-order chi connectivity index (χ1) is 38.5. The van der Waals surface area contributed by atoms with Gasteiger partial charge in [-0.3, -0.25) is 14.4 Å². The zero-order valence-corrected chi connectivity index (χ0v) is 51.9. The molecule has 0 aromatic carbocycles. The Bertz CT molecular complexity index is 1440. The lowest BCUT2D eigenvalue weighted by atomic mass is 10.0. The molecule has 1 unspecified atom stereocenters. The topological polar surface area (TPSA) is 78.9 Å². The minimum Gasteiger partial charge on any atom is -0.462 e. The largest absolute Gasteiger partial charge is 0.462 e. The smallest absolute Gasteiger partial charge is 0.306 e. The summed E-state index contributed by atoms with van der Waals surface area (Å²) in [5.74, 6) is -0.869. The van der Waals surface area contributed by atoms with Crippen molar-refractivity contribution in [2.75, 3.05) is 13.2 Å². The van der Waals surface area contributed by atoms with Crippen LogP contribution in [-0.4, -0.2) is 37.2 Å². The number of hydrogen-bond donors (Lipinski definition) is 0. The Balaban J connectivity index is 4.22. The molecular weight excluding hydrogens is 961 g/mol. The van der Waals surface area contributed by atoms with Gasteiger partial charge in [-0.1, -0.05) is 318 Å². The van der Waals surface area contributed by atoms with Crippen molar-refractivity contribution in [1.29, 1.82) is 0 Å². The standard InChI is InChI=1S/C72H128O6/c1-4-7-10-13-16-19-22-24-26-28-30-32-34-35-36-37-38-40-41-43-45-47-50-53-56-59-62-65-71(74)77-68-69(67-76-70(73)64-61-58-55-52-49-21-18-15-12-9-6-3)78-72(75)66-63-60-57-54-51-48-46-44-42-39-33-31-29-27-25-23-20-17-14-11-8-5-2/h7,10,15-16,18-19,24,26,30,32,35-36,69H,4-6,8-9,11-14,17,20-23,25,27-29,31,33-34,37-68H2,1-3H3/b10-7-,18-15-,19-16-,26-24-,32-30-,36-35-. The molecule has 0 amide bonds. The van der Waals surface area contributed by atoms with Gasteiger partial charge in [0.05, 0.1) is 0 Å². The highest BCUT2D eigenvalue weighted by atomic mass is 16.6. The fraction of sp³-hybridized carbons (Fsp3) is 0.792. The molecule has 6 heteroatoms. The third kappa shape index (κ3) is 63.7. The molecule has 78 heavy (non-hydrogen) atoms. The van der Waals surface area contributed by atoms with E-state index in [1.807, 2.05) is 0 Å². The molecule has 0 aromatic rings. The van der Waals surface area contributed by atoms with Gasteiger partial charge in [-0.15, -0.1) is 0 Å². The van der Waals surface area contributed by atoms with Crippen molar-refractivity contribution in [2.45, 2.75) is 354 Å². The van der Waals surface area contributed by atoms with Crippen LogP contribution in [0, 0.1) is 0 Å². The van der Waals surface area contributed by atoms with E-state index in [4.69, 9.17) is 14.2 Å². The maximum atomic E-state index is 12.9. The van der Waals surface area contributed by atoms with E-state index < -0.39 is 6.10 Å². The fourth-order valence-electron chi connectivity index (χ4n) is 9.87. The van der Waals surface area contributed by atoms with Gasteiger partial charge in [0, 0.05) is 19.3 Å². The van der Waals surface area contributed by atoms with Gasteiger partial charge in [-0.2, -0.15) is 0 Å². The highest BCUT2D eigenvalue weighted by molar-refractivity contribution is 5.71. The molecule has 0 N–H and O–H groups in total. The van der Waals surface area contributed by atoms with Crippen LogP contribution < -0.4 is 0 Å². The zero-order valence-electron chi connectivity index (χ0n) is 51.9. The Morgan fingerprint density at radius 2 is 0.513 bits per heavy atom. The van der Waals surface area contributed by atoms with Crippen molar-refractivity contribution in [3.05, 3.63) is 72.9 Å². The van der Waals surface area contributed by atoms with Gasteiger partial charge in [-0.25, -0.2) is 0 Å². The number of esters is 3. The van der Waals surface area contributed by atoms with Gasteiger partial charge >= 0.3 is 17.9 Å². The van der Waals surface area contributed by atoms with Crippen LogP contribution in [0.1, 0.15) is 348 Å². The van der Waals surface area contributed by atoms with Crippen LogP contribution in [0.4, 0.5) is 0 Å². The van der Waals surface area contributed by atoms with E-state index in [0.717, 1.165) is 96.3 Å². The van der Waals surface area contributed by atoms with Crippen LogP contribution in [-0.2, 0) is 28.6 Å². The SMILES string of the molecule is CC/C=C\C/C=C\C/C=C\C/C=C\C/C=C\CCCCCCCCCCCCCC(=O)OCC(COC(=O)CCCCCCC/C=C\CCCC)OC(=O)CCCCCCCCCCCCCCCCCCCCCCCC. The molecule has 0 spiro atoms. The molecular formula is C72H128O6. The molecule has 0 aromatic heterocycles. The normalized spacial score (nSPS) is 12.5. The average Bonchev–Trinajstić information content (AvgIpc) is 3.44. The van der Waals surface area contributed by atoms with E-state index in [-0.39, 0.29) is 31.1 Å². The molecule has 6 nitrogen and oxygen atoms in total. The number of allylic oxidation sites excluding steroid dienone is 12. The van der Waals surface area contributed by atoms with Crippen molar-refractivity contribution >= 4 is 17.9 Å². The van der Waals surface area contributed by atoms with Crippen LogP contribution >= 0.6 is 0 Å². The number of ether oxygens (including phenoxy) is 3. The molecule has 0 fully saturated rings. The van der Waals surface area contributed by atoms with Crippen molar-refractivity contribution in [1.82, 2.24) is 0 Å². The number of carbonyl (C=O) groups excluding carboxylic acids is 3. The summed E-state index contributed by atoms with van der Waals surface area (Å²) in [4.78, 5) is 38.3. The number of unbranched alkanes of at least 4 members (excludes halogenated alkanes) is 39. The summed E-state index contributed by atoms with van der Waals surface area (Å²) in [6.07, 6.45) is 86.4. The second kappa shape index (κ2) is 66.4. The molecule has 1 atom stereocenters. The summed E-state index contributed by atoms with van der Waals surface area (Å²) in [7, 11) is 0. The van der Waals surface area contributed by atoms with E-state index in [1.165, 1.54) is 212 Å². The van der Waals surface area contributed by atoms with E-state index in [0.29, 0.717) is 19.3 Å². The van der Waals surface area contributed by atoms with Crippen LogP contribution in [0.5, 0.6) is 0 Å². The Morgan fingerprint density at radius 3 is 0.833 bits per heavy atom. The Kier molecular flexibility index (Phi) is 63.7. The Hall–Kier alpha value is -3.15. The zero-order chi connectivity index (χ0) is 56.4. The number of rotatable bonds is 62. The summed E-state index contributed by atoms with van der Waals surface area (Å²) < 4.78 is 16.9. The van der Waals surface area contributed by atoms with Crippen molar-refractivity contribution < 1.29 is 28.6 Å². The number of hydrogen-bond acceptors (Lipinski definition) is 6. The van der Waals surface area contributed by atoms with Gasteiger partial charge in [-0.05, 0) is 83.5 Å². The molecule has 0 rings (SSSR count). The predicted octanol–water partition coefficient (Wildman–Crippen LogP) is 23.3. The molecule has 0 heterocycles. The summed E-state index contributed by atoms with van der Waals surface area (Å²) in [6, 6.07) is 0. The summed E-state index contributed by atoms with van der Waals surface area (Å²) in [5.41, 5.74) is 0. The van der Waals surface area contributed by atoms with Crippen LogP contribution in [0.3, 0.4) is 0 Å². The molecule has 0 aliphatic carbocycles.